The molecule has 0 radical (unpaired) electrons. The SMILES string of the molecule is Nc1c(F)c(F)c(-c2c(Cl)c(Cl)c(Cl)c(Cl)c2Cl)c(F)c1F. The van der Waals surface area contributed by atoms with Gasteiger partial charge < -0.3 is 5.73 Å². The standard InChI is InChI=1S/C12H2Cl5F4N/c13-3-1(4(14)6(16)7(17)5(3)15)2-8(18)10(20)12(22)11(21)9(2)19/h22H2. The minimum absolute atomic E-state index is 0.278. The van der Waals surface area contributed by atoms with Crippen molar-refractivity contribution in [2.75, 3.05) is 5.73 Å². The highest BCUT2D eigenvalue weighted by atomic mass is 35.5. The Hall–Kier alpha value is -0.590. The van der Waals surface area contributed by atoms with Crippen LogP contribution in [0.1, 0.15) is 0 Å². The molecule has 2 aromatic carbocycles. The molecule has 0 aliphatic rings. The Balaban J connectivity index is 3.03. The Morgan fingerprint density at radius 1 is 0.500 bits per heavy atom. The smallest absolute Gasteiger partial charge is 0.185 e. The summed E-state index contributed by atoms with van der Waals surface area (Å²) in [5.74, 6) is -7.20. The maximum absolute atomic E-state index is 14.0. The quantitative estimate of drug-likeness (QED) is 0.238. The summed E-state index contributed by atoms with van der Waals surface area (Å²) in [6.45, 7) is 0. The molecular formula is C12H2Cl5F4N. The van der Waals surface area contributed by atoms with Crippen LogP contribution >= 0.6 is 58.0 Å². The van der Waals surface area contributed by atoms with Gasteiger partial charge in [-0.3, -0.25) is 0 Å². The monoisotopic (exact) mass is 411 g/mol. The van der Waals surface area contributed by atoms with Gasteiger partial charge >= 0.3 is 0 Å². The lowest BCUT2D eigenvalue weighted by Crippen LogP contribution is -2.06. The maximum Gasteiger partial charge on any atom is 0.185 e. The van der Waals surface area contributed by atoms with E-state index >= 15 is 0 Å². The van der Waals surface area contributed by atoms with Crippen molar-refractivity contribution < 1.29 is 17.6 Å². The zero-order chi connectivity index (χ0) is 16.9. The van der Waals surface area contributed by atoms with E-state index in [2.05, 4.69) is 0 Å². The largest absolute Gasteiger partial charge is 0.394 e. The second kappa shape index (κ2) is 6.13. The van der Waals surface area contributed by atoms with Gasteiger partial charge in [0.25, 0.3) is 0 Å². The molecule has 2 rings (SSSR count). The average Bonchev–Trinajstić information content (AvgIpc) is 2.50. The fourth-order valence-electron chi connectivity index (χ4n) is 1.69. The molecule has 1 nitrogen and oxygen atoms in total. The van der Waals surface area contributed by atoms with Crippen LogP contribution in [-0.2, 0) is 0 Å². The second-order valence-electron chi connectivity index (χ2n) is 3.99. The van der Waals surface area contributed by atoms with Gasteiger partial charge in [-0.25, -0.2) is 17.6 Å². The Morgan fingerprint density at radius 2 is 0.818 bits per heavy atom. The van der Waals surface area contributed by atoms with Crippen molar-refractivity contribution in [2.45, 2.75) is 0 Å². The van der Waals surface area contributed by atoms with Crippen molar-refractivity contribution in [3.63, 3.8) is 0 Å². The summed E-state index contributed by atoms with van der Waals surface area (Å²) in [7, 11) is 0. The lowest BCUT2D eigenvalue weighted by Gasteiger charge is -2.15. The van der Waals surface area contributed by atoms with Gasteiger partial charge in [0.1, 0.15) is 5.69 Å². The molecule has 118 valence electrons. The summed E-state index contributed by atoms with van der Waals surface area (Å²) in [4.78, 5) is 0. The first-order chi connectivity index (χ1) is 10.1. The average molecular weight is 413 g/mol. The topological polar surface area (TPSA) is 26.0 Å². The van der Waals surface area contributed by atoms with Crippen LogP contribution in [0.5, 0.6) is 0 Å². The van der Waals surface area contributed by atoms with Gasteiger partial charge in [0, 0.05) is 5.56 Å². The summed E-state index contributed by atoms with van der Waals surface area (Å²) >= 11 is 28.9. The first-order valence-corrected chi connectivity index (χ1v) is 7.13. The number of hydrogen-bond acceptors (Lipinski definition) is 1. The molecular weight excluding hydrogens is 411 g/mol. The van der Waals surface area contributed by atoms with E-state index < -0.39 is 50.1 Å². The zero-order valence-corrected chi connectivity index (χ0v) is 13.8. The third-order valence-electron chi connectivity index (χ3n) is 2.76. The van der Waals surface area contributed by atoms with Crippen LogP contribution in [0, 0.1) is 23.3 Å². The molecule has 2 N–H and O–H groups in total. The molecule has 0 aliphatic heterocycles. The van der Waals surface area contributed by atoms with Gasteiger partial charge in [0.15, 0.2) is 23.3 Å². The van der Waals surface area contributed by atoms with E-state index in [1.807, 2.05) is 0 Å². The number of rotatable bonds is 1. The predicted molar refractivity (Wildman–Crippen MR) is 81.2 cm³/mol. The van der Waals surface area contributed by atoms with E-state index in [1.165, 1.54) is 0 Å². The Morgan fingerprint density at radius 3 is 1.18 bits per heavy atom. The van der Waals surface area contributed by atoms with Crippen LogP contribution in [0.4, 0.5) is 23.2 Å². The highest BCUT2D eigenvalue weighted by molar-refractivity contribution is 6.56. The fraction of sp³-hybridized carbons (Fsp3) is 0. The van der Waals surface area contributed by atoms with E-state index in [9.17, 15) is 17.6 Å². The molecule has 0 saturated heterocycles. The number of hydrogen-bond donors (Lipinski definition) is 1. The lowest BCUT2D eigenvalue weighted by atomic mass is 10.0. The number of benzene rings is 2. The molecule has 0 bridgehead atoms. The molecule has 0 heterocycles. The van der Waals surface area contributed by atoms with Gasteiger partial charge in [0.2, 0.25) is 0 Å². The molecule has 0 aromatic heterocycles. The van der Waals surface area contributed by atoms with Crippen LogP contribution < -0.4 is 5.73 Å². The van der Waals surface area contributed by atoms with Crippen LogP contribution in [0.2, 0.25) is 25.1 Å². The van der Waals surface area contributed by atoms with Crippen molar-refractivity contribution in [1.29, 1.82) is 0 Å². The summed E-state index contributed by atoms with van der Waals surface area (Å²) < 4.78 is 55.2. The number of nitrogen functional groups attached to an aromatic ring is 1. The first kappa shape index (κ1) is 17.8. The Labute approximate surface area is 146 Å². The van der Waals surface area contributed by atoms with Crippen LogP contribution in [0.15, 0.2) is 0 Å². The number of nitrogens with two attached hydrogens (primary N) is 1. The molecule has 0 atom stereocenters. The molecule has 0 amide bonds. The summed E-state index contributed by atoms with van der Waals surface area (Å²) in [5, 5.41) is -2.10. The highest BCUT2D eigenvalue weighted by Crippen LogP contribution is 2.50. The van der Waals surface area contributed by atoms with E-state index in [-0.39, 0.29) is 15.1 Å². The van der Waals surface area contributed by atoms with Gasteiger partial charge in [-0.05, 0) is 0 Å². The maximum atomic E-state index is 14.0. The predicted octanol–water partition coefficient (Wildman–Crippen LogP) is 6.76. The number of anilines is 1. The zero-order valence-electron chi connectivity index (χ0n) is 9.98. The fourth-order valence-corrected chi connectivity index (χ4v) is 3.02. The minimum Gasteiger partial charge on any atom is -0.394 e. The highest BCUT2D eigenvalue weighted by Gasteiger charge is 2.30. The molecule has 0 aliphatic carbocycles. The van der Waals surface area contributed by atoms with Crippen molar-refractivity contribution >= 4 is 63.7 Å². The third kappa shape index (κ3) is 2.49. The van der Waals surface area contributed by atoms with Crippen molar-refractivity contribution in [3.05, 3.63) is 48.4 Å². The van der Waals surface area contributed by atoms with E-state index in [0.29, 0.717) is 0 Å². The van der Waals surface area contributed by atoms with Crippen LogP contribution in [0.25, 0.3) is 11.1 Å². The van der Waals surface area contributed by atoms with Gasteiger partial charge in [-0.2, -0.15) is 0 Å². The molecule has 22 heavy (non-hydrogen) atoms. The number of halogens is 9. The lowest BCUT2D eigenvalue weighted by molar-refractivity contribution is 0.464. The molecule has 10 heteroatoms. The Kier molecular flexibility index (Phi) is 4.95. The van der Waals surface area contributed by atoms with Crippen LogP contribution in [0.3, 0.4) is 0 Å². The molecule has 0 saturated carbocycles. The van der Waals surface area contributed by atoms with Crippen molar-refractivity contribution in [1.82, 2.24) is 0 Å². The van der Waals surface area contributed by atoms with Gasteiger partial charge in [0.05, 0.1) is 30.7 Å². The molecule has 0 fully saturated rings. The van der Waals surface area contributed by atoms with Gasteiger partial charge in [-0.15, -0.1) is 0 Å². The van der Waals surface area contributed by atoms with Gasteiger partial charge in [-0.1, -0.05) is 58.0 Å². The van der Waals surface area contributed by atoms with Crippen LogP contribution in [-0.4, -0.2) is 0 Å². The normalized spacial score (nSPS) is 11.1. The molecule has 0 unspecified atom stereocenters. The van der Waals surface area contributed by atoms with E-state index in [0.717, 1.165) is 0 Å². The summed E-state index contributed by atoms with van der Waals surface area (Å²) in [5.41, 5.74) is 1.76. The molecule has 0 spiro atoms. The third-order valence-corrected chi connectivity index (χ3v) is 5.03. The molecule has 2 aromatic rings. The minimum atomic E-state index is -1.80. The van der Waals surface area contributed by atoms with Crippen molar-refractivity contribution in [2.24, 2.45) is 0 Å². The summed E-state index contributed by atoms with van der Waals surface area (Å²) in [6.07, 6.45) is 0. The Bertz CT molecular complexity index is 684. The van der Waals surface area contributed by atoms with E-state index in [4.69, 9.17) is 63.7 Å². The second-order valence-corrected chi connectivity index (χ2v) is 5.88. The van der Waals surface area contributed by atoms with Crippen molar-refractivity contribution in [3.8, 4) is 11.1 Å². The first-order valence-electron chi connectivity index (χ1n) is 5.24. The summed E-state index contributed by atoms with van der Waals surface area (Å²) in [6, 6.07) is 0. The van der Waals surface area contributed by atoms with E-state index in [1.54, 1.807) is 0 Å².